The van der Waals surface area contributed by atoms with Crippen LogP contribution in [0.5, 0.6) is 0 Å². The molecule has 1 aromatic rings. The zero-order valence-electron chi connectivity index (χ0n) is 16.4. The number of rotatable bonds is 6. The van der Waals surface area contributed by atoms with E-state index in [4.69, 9.17) is 0 Å². The van der Waals surface area contributed by atoms with E-state index in [-0.39, 0.29) is 11.9 Å². The van der Waals surface area contributed by atoms with Gasteiger partial charge in [0.1, 0.15) is 0 Å². The molecule has 0 bridgehead atoms. The van der Waals surface area contributed by atoms with Crippen molar-refractivity contribution in [2.24, 2.45) is 11.8 Å². The maximum atomic E-state index is 12.5. The summed E-state index contributed by atoms with van der Waals surface area (Å²) in [5.74, 6) is 1.18. The predicted octanol–water partition coefficient (Wildman–Crippen LogP) is 2.46. The fraction of sp³-hybridized carbons (Fsp3) is 0.632. The van der Waals surface area contributed by atoms with Crippen molar-refractivity contribution in [1.82, 2.24) is 10.2 Å². The second-order valence-corrected chi connectivity index (χ2v) is 9.69. The topological polar surface area (TPSA) is 78.5 Å². The summed E-state index contributed by atoms with van der Waals surface area (Å²) in [5.41, 5.74) is 1.66. The van der Waals surface area contributed by atoms with Crippen molar-refractivity contribution in [3.05, 3.63) is 29.3 Å². The lowest BCUT2D eigenvalue weighted by Gasteiger charge is -2.36. The Balaban J connectivity index is 1.99. The normalized spacial score (nSPS) is 22.7. The van der Waals surface area contributed by atoms with Crippen LogP contribution in [0.3, 0.4) is 0 Å². The highest BCUT2D eigenvalue weighted by Crippen LogP contribution is 2.21. The van der Waals surface area contributed by atoms with Gasteiger partial charge in [-0.3, -0.25) is 9.52 Å². The standard InChI is InChI=1S/C19H31N3O3S/c1-13-8-14(2)11-22(10-13)12-16(4)20-19(23)17-7-6-15(3)18(9-17)21-26(5,24)25/h6-7,9,13-14,16,21H,8,10-12H2,1-5H3,(H,20,23). The number of carbonyl (C=O) groups is 1. The summed E-state index contributed by atoms with van der Waals surface area (Å²) >= 11 is 0. The molecule has 1 fully saturated rings. The van der Waals surface area contributed by atoms with Crippen molar-refractivity contribution >= 4 is 21.6 Å². The lowest BCUT2D eigenvalue weighted by atomic mass is 9.92. The van der Waals surface area contributed by atoms with Gasteiger partial charge in [0.05, 0.1) is 11.9 Å². The zero-order valence-corrected chi connectivity index (χ0v) is 17.2. The third-order valence-corrected chi connectivity index (χ3v) is 5.24. The minimum atomic E-state index is -3.38. The predicted molar refractivity (Wildman–Crippen MR) is 106 cm³/mol. The van der Waals surface area contributed by atoms with Gasteiger partial charge in [-0.25, -0.2) is 8.42 Å². The molecule has 0 aromatic heterocycles. The summed E-state index contributed by atoms with van der Waals surface area (Å²) in [5, 5.41) is 3.02. The van der Waals surface area contributed by atoms with Gasteiger partial charge in [-0.05, 0) is 49.8 Å². The number of hydrogen-bond donors (Lipinski definition) is 2. The van der Waals surface area contributed by atoms with Gasteiger partial charge in [-0.1, -0.05) is 19.9 Å². The molecular weight excluding hydrogens is 350 g/mol. The molecule has 146 valence electrons. The fourth-order valence-electron chi connectivity index (χ4n) is 3.75. The van der Waals surface area contributed by atoms with E-state index in [0.29, 0.717) is 23.1 Å². The third-order valence-electron chi connectivity index (χ3n) is 4.65. The Hall–Kier alpha value is -1.60. The Kier molecular flexibility index (Phi) is 6.69. The van der Waals surface area contributed by atoms with E-state index in [1.54, 1.807) is 25.1 Å². The van der Waals surface area contributed by atoms with Crippen LogP contribution in [0.25, 0.3) is 0 Å². The average Bonchev–Trinajstić information content (AvgIpc) is 2.46. The first kappa shape index (κ1) is 20.7. The van der Waals surface area contributed by atoms with Gasteiger partial charge < -0.3 is 10.2 Å². The molecule has 1 amide bonds. The van der Waals surface area contributed by atoms with Crippen molar-refractivity contribution in [3.63, 3.8) is 0 Å². The van der Waals surface area contributed by atoms with Crippen molar-refractivity contribution in [2.45, 2.75) is 40.2 Å². The van der Waals surface area contributed by atoms with Crippen molar-refractivity contribution in [2.75, 3.05) is 30.6 Å². The zero-order chi connectivity index (χ0) is 19.5. The van der Waals surface area contributed by atoms with Crippen molar-refractivity contribution in [1.29, 1.82) is 0 Å². The lowest BCUT2D eigenvalue weighted by molar-refractivity contribution is 0.0905. The van der Waals surface area contributed by atoms with Gasteiger partial charge in [-0.15, -0.1) is 0 Å². The fourth-order valence-corrected chi connectivity index (χ4v) is 4.37. The van der Waals surface area contributed by atoms with E-state index in [2.05, 4.69) is 28.8 Å². The molecule has 0 radical (unpaired) electrons. The number of nitrogens with one attached hydrogen (secondary N) is 2. The van der Waals surface area contributed by atoms with Gasteiger partial charge in [-0.2, -0.15) is 0 Å². The highest BCUT2D eigenvalue weighted by molar-refractivity contribution is 7.92. The summed E-state index contributed by atoms with van der Waals surface area (Å²) in [4.78, 5) is 15.0. The highest BCUT2D eigenvalue weighted by atomic mass is 32.2. The molecule has 1 saturated heterocycles. The van der Waals surface area contributed by atoms with E-state index in [0.717, 1.165) is 31.5 Å². The average molecular weight is 382 g/mol. The van der Waals surface area contributed by atoms with Crippen molar-refractivity contribution < 1.29 is 13.2 Å². The molecule has 3 unspecified atom stereocenters. The monoisotopic (exact) mass is 381 g/mol. The van der Waals surface area contributed by atoms with Gasteiger partial charge in [0.15, 0.2) is 0 Å². The molecule has 7 heteroatoms. The van der Waals surface area contributed by atoms with Crippen LogP contribution in [0.4, 0.5) is 5.69 Å². The molecule has 26 heavy (non-hydrogen) atoms. The summed E-state index contributed by atoms with van der Waals surface area (Å²) in [6.07, 6.45) is 2.36. The number of amides is 1. The first-order valence-corrected chi connectivity index (χ1v) is 11.0. The second kappa shape index (κ2) is 8.39. The summed E-state index contributed by atoms with van der Waals surface area (Å²) in [6, 6.07) is 5.08. The molecule has 1 aliphatic heterocycles. The highest BCUT2D eigenvalue weighted by Gasteiger charge is 2.23. The number of nitrogens with zero attached hydrogens (tertiary/aromatic N) is 1. The van der Waals surface area contributed by atoms with Gasteiger partial charge in [0.2, 0.25) is 10.0 Å². The lowest BCUT2D eigenvalue weighted by Crippen LogP contribution is -2.47. The van der Waals surface area contributed by atoms with Crippen LogP contribution < -0.4 is 10.0 Å². The summed E-state index contributed by atoms with van der Waals surface area (Å²) < 4.78 is 25.4. The number of benzene rings is 1. The van der Waals surface area contributed by atoms with E-state index in [9.17, 15) is 13.2 Å². The molecular formula is C19H31N3O3S. The number of carbonyl (C=O) groups excluding carboxylic acids is 1. The van der Waals surface area contributed by atoms with Gasteiger partial charge in [0, 0.05) is 31.2 Å². The van der Waals surface area contributed by atoms with E-state index >= 15 is 0 Å². The van der Waals surface area contributed by atoms with Crippen LogP contribution in [0.1, 0.15) is 43.1 Å². The van der Waals surface area contributed by atoms with Crippen LogP contribution in [0, 0.1) is 18.8 Å². The Labute approximate surface area is 157 Å². The maximum absolute atomic E-state index is 12.5. The molecule has 2 N–H and O–H groups in total. The molecule has 1 heterocycles. The molecule has 1 aromatic carbocycles. The van der Waals surface area contributed by atoms with Gasteiger partial charge in [0.25, 0.3) is 5.91 Å². The van der Waals surface area contributed by atoms with E-state index < -0.39 is 10.0 Å². The maximum Gasteiger partial charge on any atom is 0.251 e. The van der Waals surface area contributed by atoms with Crippen LogP contribution in [0.15, 0.2) is 18.2 Å². The number of likely N-dealkylation sites (tertiary alicyclic amines) is 1. The van der Waals surface area contributed by atoms with Crippen molar-refractivity contribution in [3.8, 4) is 0 Å². The smallest absolute Gasteiger partial charge is 0.251 e. The quantitative estimate of drug-likeness (QED) is 0.793. The molecule has 0 aliphatic carbocycles. The van der Waals surface area contributed by atoms with Crippen LogP contribution in [0.2, 0.25) is 0 Å². The molecule has 2 rings (SSSR count). The van der Waals surface area contributed by atoms with Gasteiger partial charge >= 0.3 is 0 Å². The molecule has 6 nitrogen and oxygen atoms in total. The van der Waals surface area contributed by atoms with Crippen LogP contribution in [-0.4, -0.2) is 51.2 Å². The largest absolute Gasteiger partial charge is 0.348 e. The summed E-state index contributed by atoms with van der Waals surface area (Å²) in [7, 11) is -3.38. The minimum Gasteiger partial charge on any atom is -0.348 e. The summed E-state index contributed by atoms with van der Waals surface area (Å²) in [6.45, 7) is 11.3. The SMILES string of the molecule is Cc1ccc(C(=O)NC(C)CN2CC(C)CC(C)C2)cc1NS(C)(=O)=O. The molecule has 3 atom stereocenters. The number of aryl methyl sites for hydroxylation is 1. The molecule has 0 spiro atoms. The first-order chi connectivity index (χ1) is 12.0. The minimum absolute atomic E-state index is 0.0209. The number of piperidine rings is 1. The Morgan fingerprint density at radius 3 is 2.46 bits per heavy atom. The second-order valence-electron chi connectivity index (χ2n) is 7.94. The van der Waals surface area contributed by atoms with E-state index in [1.807, 2.05) is 6.92 Å². The first-order valence-electron chi connectivity index (χ1n) is 9.15. The number of hydrogen-bond acceptors (Lipinski definition) is 4. The number of anilines is 1. The van der Waals surface area contributed by atoms with Crippen LogP contribution >= 0.6 is 0 Å². The van der Waals surface area contributed by atoms with Crippen LogP contribution in [-0.2, 0) is 10.0 Å². The molecule has 0 saturated carbocycles. The number of sulfonamides is 1. The Morgan fingerprint density at radius 1 is 1.27 bits per heavy atom. The third kappa shape index (κ3) is 6.29. The Morgan fingerprint density at radius 2 is 1.88 bits per heavy atom. The molecule has 1 aliphatic rings. The van der Waals surface area contributed by atoms with E-state index in [1.165, 1.54) is 6.42 Å². The Bertz CT molecular complexity index is 738.